The van der Waals surface area contributed by atoms with Crippen LogP contribution in [-0.2, 0) is 38.1 Å². The number of esters is 4. The standard InChI is InChI=1S/C15H19NO8/c1-5-21-12(17)8-10(16-4)11(24-15(8)20)9(13(18)22-6-2)14(19)23-7-3/h16H,5-7H2,1-4H3. The van der Waals surface area contributed by atoms with Crippen molar-refractivity contribution in [2.24, 2.45) is 0 Å². The second kappa shape index (κ2) is 8.70. The first-order chi connectivity index (χ1) is 11.4. The van der Waals surface area contributed by atoms with E-state index < -0.39 is 40.8 Å². The molecular weight excluding hydrogens is 322 g/mol. The number of cyclic esters (lactones) is 1. The van der Waals surface area contributed by atoms with Gasteiger partial charge >= 0.3 is 23.9 Å². The molecule has 0 saturated heterocycles. The smallest absolute Gasteiger partial charge is 0.353 e. The van der Waals surface area contributed by atoms with Crippen LogP contribution in [0.2, 0.25) is 0 Å². The molecule has 9 heteroatoms. The minimum absolute atomic E-state index is 0.00764. The van der Waals surface area contributed by atoms with E-state index >= 15 is 0 Å². The first kappa shape index (κ1) is 19.2. The van der Waals surface area contributed by atoms with Crippen molar-refractivity contribution in [1.82, 2.24) is 5.32 Å². The lowest BCUT2D eigenvalue weighted by Gasteiger charge is -2.11. The predicted molar refractivity (Wildman–Crippen MR) is 79.1 cm³/mol. The van der Waals surface area contributed by atoms with E-state index in [1.165, 1.54) is 7.05 Å². The van der Waals surface area contributed by atoms with Gasteiger partial charge in [-0.1, -0.05) is 0 Å². The number of ether oxygens (including phenoxy) is 4. The molecule has 1 heterocycles. The highest BCUT2D eigenvalue weighted by atomic mass is 16.6. The zero-order chi connectivity index (χ0) is 18.3. The lowest BCUT2D eigenvalue weighted by molar-refractivity contribution is -0.147. The Morgan fingerprint density at radius 1 is 0.958 bits per heavy atom. The van der Waals surface area contributed by atoms with Gasteiger partial charge in [-0.2, -0.15) is 0 Å². The van der Waals surface area contributed by atoms with Crippen molar-refractivity contribution in [3.05, 3.63) is 22.6 Å². The van der Waals surface area contributed by atoms with Gasteiger partial charge in [0.1, 0.15) is 5.70 Å². The van der Waals surface area contributed by atoms with Crippen LogP contribution in [-0.4, -0.2) is 50.7 Å². The summed E-state index contributed by atoms with van der Waals surface area (Å²) in [5.74, 6) is -4.47. The first-order valence-corrected chi connectivity index (χ1v) is 7.32. The summed E-state index contributed by atoms with van der Waals surface area (Å²) in [5, 5.41) is 2.57. The fraction of sp³-hybridized carbons (Fsp3) is 0.467. The van der Waals surface area contributed by atoms with Crippen LogP contribution in [0.4, 0.5) is 0 Å². The van der Waals surface area contributed by atoms with E-state index in [4.69, 9.17) is 18.9 Å². The summed E-state index contributed by atoms with van der Waals surface area (Å²) < 4.78 is 19.3. The largest absolute Gasteiger partial charge is 0.462 e. The van der Waals surface area contributed by atoms with Crippen LogP contribution in [0.1, 0.15) is 20.8 Å². The Morgan fingerprint density at radius 2 is 1.46 bits per heavy atom. The van der Waals surface area contributed by atoms with Crippen LogP contribution in [0, 0.1) is 0 Å². The lowest BCUT2D eigenvalue weighted by Crippen LogP contribution is -2.23. The Labute approximate surface area is 138 Å². The molecule has 0 aromatic carbocycles. The van der Waals surface area contributed by atoms with E-state index in [0.717, 1.165) is 0 Å². The van der Waals surface area contributed by atoms with Crippen LogP contribution < -0.4 is 5.32 Å². The molecule has 0 bridgehead atoms. The van der Waals surface area contributed by atoms with Gasteiger partial charge in [-0.15, -0.1) is 0 Å². The van der Waals surface area contributed by atoms with Crippen LogP contribution in [0.5, 0.6) is 0 Å². The Kier molecular flexibility index (Phi) is 6.97. The monoisotopic (exact) mass is 341 g/mol. The molecule has 0 aromatic heterocycles. The predicted octanol–water partition coefficient (Wildman–Crippen LogP) is -0.0399. The van der Waals surface area contributed by atoms with E-state index in [1.807, 2.05) is 0 Å². The van der Waals surface area contributed by atoms with Gasteiger partial charge in [0.2, 0.25) is 0 Å². The molecule has 0 atom stereocenters. The first-order valence-electron chi connectivity index (χ1n) is 7.32. The molecule has 132 valence electrons. The second-order valence-electron chi connectivity index (χ2n) is 4.26. The third kappa shape index (κ3) is 3.92. The summed E-state index contributed by atoms with van der Waals surface area (Å²) in [7, 11) is 1.39. The molecule has 24 heavy (non-hydrogen) atoms. The fourth-order valence-electron chi connectivity index (χ4n) is 1.89. The molecule has 1 aliphatic heterocycles. The summed E-state index contributed by atoms with van der Waals surface area (Å²) in [6.45, 7) is 4.68. The normalized spacial score (nSPS) is 13.3. The summed E-state index contributed by atoms with van der Waals surface area (Å²) >= 11 is 0. The Morgan fingerprint density at radius 3 is 1.88 bits per heavy atom. The van der Waals surface area contributed by atoms with Gasteiger partial charge in [0, 0.05) is 7.05 Å². The Hall–Kier alpha value is -2.84. The second-order valence-corrected chi connectivity index (χ2v) is 4.26. The van der Waals surface area contributed by atoms with Gasteiger partial charge in [-0.3, -0.25) is 0 Å². The molecule has 1 rings (SSSR count). The molecule has 0 radical (unpaired) electrons. The van der Waals surface area contributed by atoms with E-state index in [2.05, 4.69) is 5.32 Å². The molecular formula is C15H19NO8. The van der Waals surface area contributed by atoms with Crippen molar-refractivity contribution < 1.29 is 38.1 Å². The van der Waals surface area contributed by atoms with Gasteiger partial charge in [0.25, 0.3) is 0 Å². The van der Waals surface area contributed by atoms with Gasteiger partial charge in [0.05, 0.1) is 19.8 Å². The highest BCUT2D eigenvalue weighted by Crippen LogP contribution is 2.29. The maximum atomic E-state index is 12.1. The molecule has 1 aliphatic rings. The van der Waals surface area contributed by atoms with Crippen LogP contribution in [0.3, 0.4) is 0 Å². The molecule has 1 N–H and O–H groups in total. The minimum atomic E-state index is -1.04. The Balaban J connectivity index is 3.51. The maximum absolute atomic E-state index is 12.1. The van der Waals surface area contributed by atoms with Crippen molar-refractivity contribution in [2.45, 2.75) is 20.8 Å². The molecule has 0 aromatic rings. The van der Waals surface area contributed by atoms with E-state index in [1.54, 1.807) is 20.8 Å². The maximum Gasteiger partial charge on any atom is 0.353 e. The number of carbonyl (C=O) groups excluding carboxylic acids is 4. The average Bonchev–Trinajstić information content (AvgIpc) is 2.84. The quantitative estimate of drug-likeness (QED) is 0.224. The van der Waals surface area contributed by atoms with Crippen molar-refractivity contribution in [2.75, 3.05) is 26.9 Å². The summed E-state index contributed by atoms with van der Waals surface area (Å²) in [6, 6.07) is 0. The van der Waals surface area contributed by atoms with Crippen molar-refractivity contribution in [3.8, 4) is 0 Å². The zero-order valence-corrected chi connectivity index (χ0v) is 13.9. The lowest BCUT2D eigenvalue weighted by atomic mass is 10.1. The third-order valence-corrected chi connectivity index (χ3v) is 2.79. The van der Waals surface area contributed by atoms with Crippen molar-refractivity contribution in [1.29, 1.82) is 0 Å². The van der Waals surface area contributed by atoms with Crippen LogP contribution >= 0.6 is 0 Å². The fourth-order valence-corrected chi connectivity index (χ4v) is 1.89. The summed E-state index contributed by atoms with van der Waals surface area (Å²) in [5.41, 5.74) is -1.20. The van der Waals surface area contributed by atoms with Gasteiger partial charge in [0.15, 0.2) is 16.9 Å². The number of nitrogens with one attached hydrogen (secondary N) is 1. The minimum Gasteiger partial charge on any atom is -0.462 e. The molecule has 0 unspecified atom stereocenters. The van der Waals surface area contributed by atoms with Gasteiger partial charge < -0.3 is 24.3 Å². The van der Waals surface area contributed by atoms with Crippen LogP contribution in [0.25, 0.3) is 0 Å². The number of hydrogen-bond acceptors (Lipinski definition) is 9. The molecule has 0 aliphatic carbocycles. The highest BCUT2D eigenvalue weighted by Gasteiger charge is 2.41. The van der Waals surface area contributed by atoms with Crippen LogP contribution in [0.15, 0.2) is 22.6 Å². The Bertz CT molecular complexity index is 597. The average molecular weight is 341 g/mol. The van der Waals surface area contributed by atoms with Crippen molar-refractivity contribution in [3.63, 3.8) is 0 Å². The highest BCUT2D eigenvalue weighted by molar-refractivity contribution is 6.20. The van der Waals surface area contributed by atoms with E-state index in [-0.39, 0.29) is 25.5 Å². The summed E-state index contributed by atoms with van der Waals surface area (Å²) in [4.78, 5) is 48.0. The van der Waals surface area contributed by atoms with E-state index in [0.29, 0.717) is 0 Å². The van der Waals surface area contributed by atoms with Gasteiger partial charge in [-0.25, -0.2) is 19.2 Å². The molecule has 9 nitrogen and oxygen atoms in total. The molecule has 0 fully saturated rings. The number of carbonyl (C=O) groups is 4. The van der Waals surface area contributed by atoms with E-state index in [9.17, 15) is 19.2 Å². The molecule has 0 saturated carbocycles. The topological polar surface area (TPSA) is 117 Å². The number of likely N-dealkylation sites (N-methyl/N-ethyl adjacent to an activating group) is 1. The summed E-state index contributed by atoms with van der Waals surface area (Å²) in [6.07, 6.45) is 0. The third-order valence-electron chi connectivity index (χ3n) is 2.79. The SMILES string of the molecule is CCOC(=O)C1=C(NC)C(=C(C(=O)OCC)C(=O)OCC)OC1=O. The number of rotatable bonds is 7. The van der Waals surface area contributed by atoms with Crippen molar-refractivity contribution >= 4 is 23.9 Å². The zero-order valence-electron chi connectivity index (χ0n) is 13.9. The molecule has 0 spiro atoms. The number of hydrogen-bond donors (Lipinski definition) is 1. The van der Waals surface area contributed by atoms with Gasteiger partial charge in [-0.05, 0) is 20.8 Å². The molecule has 0 amide bonds.